The van der Waals surface area contributed by atoms with E-state index in [1.54, 1.807) is 36.0 Å². The number of hydrogen-bond donors (Lipinski definition) is 1. The van der Waals surface area contributed by atoms with E-state index in [1.807, 2.05) is 30.5 Å². The summed E-state index contributed by atoms with van der Waals surface area (Å²) in [4.78, 5) is 13.5. The molecule has 1 saturated heterocycles. The summed E-state index contributed by atoms with van der Waals surface area (Å²) in [7, 11) is -3.38. The van der Waals surface area contributed by atoms with Crippen LogP contribution >= 0.6 is 11.8 Å². The lowest BCUT2D eigenvalue weighted by atomic mass is 10.1. The highest BCUT2D eigenvalue weighted by atomic mass is 32.2. The highest BCUT2D eigenvalue weighted by Gasteiger charge is 2.24. The van der Waals surface area contributed by atoms with E-state index in [0.29, 0.717) is 37.4 Å². The molecule has 2 aromatic carbocycles. The van der Waals surface area contributed by atoms with Crippen molar-refractivity contribution in [1.82, 2.24) is 4.31 Å². The molecule has 1 amide bonds. The summed E-state index contributed by atoms with van der Waals surface area (Å²) in [6.07, 6.45) is 1.95. The lowest BCUT2D eigenvalue weighted by molar-refractivity contribution is 0.0729. The first-order valence-electron chi connectivity index (χ1n) is 8.58. The molecular formula is C19H22N2O4S2. The fraction of sp³-hybridized carbons (Fsp3) is 0.316. The van der Waals surface area contributed by atoms with Crippen LogP contribution in [0.4, 0.5) is 5.69 Å². The minimum atomic E-state index is -3.38. The van der Waals surface area contributed by atoms with Gasteiger partial charge in [0.05, 0.1) is 24.7 Å². The minimum absolute atomic E-state index is 0.0792. The van der Waals surface area contributed by atoms with E-state index in [9.17, 15) is 13.2 Å². The second-order valence-electron chi connectivity index (χ2n) is 6.12. The van der Waals surface area contributed by atoms with Crippen molar-refractivity contribution < 1.29 is 17.9 Å². The van der Waals surface area contributed by atoms with Crippen molar-refractivity contribution in [3.05, 3.63) is 59.7 Å². The average molecular weight is 407 g/mol. The Hall–Kier alpha value is -1.87. The quantitative estimate of drug-likeness (QED) is 0.747. The zero-order chi connectivity index (χ0) is 19.3. The number of hydrogen-bond acceptors (Lipinski definition) is 5. The molecule has 0 unspecified atom stereocenters. The maximum Gasteiger partial charge on any atom is 0.255 e. The van der Waals surface area contributed by atoms with Gasteiger partial charge in [0, 0.05) is 23.5 Å². The van der Waals surface area contributed by atoms with Gasteiger partial charge in [-0.2, -0.15) is 4.31 Å². The maximum atomic E-state index is 12.5. The molecule has 1 fully saturated rings. The van der Waals surface area contributed by atoms with Gasteiger partial charge in [0.1, 0.15) is 0 Å². The minimum Gasteiger partial charge on any atom is -0.379 e. The molecule has 1 heterocycles. The van der Waals surface area contributed by atoms with Crippen LogP contribution in [0.3, 0.4) is 0 Å². The number of ether oxygens (including phenoxy) is 1. The number of sulfonamides is 1. The van der Waals surface area contributed by atoms with Gasteiger partial charge < -0.3 is 10.1 Å². The molecule has 0 aromatic heterocycles. The van der Waals surface area contributed by atoms with Crippen molar-refractivity contribution in [2.75, 3.05) is 37.9 Å². The summed E-state index contributed by atoms with van der Waals surface area (Å²) < 4.78 is 31.6. The van der Waals surface area contributed by atoms with E-state index in [0.717, 1.165) is 10.6 Å². The van der Waals surface area contributed by atoms with Gasteiger partial charge in [-0.15, -0.1) is 11.8 Å². The molecule has 0 spiro atoms. The molecule has 0 atom stereocenters. The fourth-order valence-electron chi connectivity index (χ4n) is 2.82. The fourth-order valence-corrected chi connectivity index (χ4v) is 4.88. The van der Waals surface area contributed by atoms with E-state index >= 15 is 0 Å². The molecule has 0 saturated carbocycles. The summed E-state index contributed by atoms with van der Waals surface area (Å²) in [5.74, 6) is -0.302. The van der Waals surface area contributed by atoms with Crippen LogP contribution in [0, 0.1) is 0 Å². The lowest BCUT2D eigenvalue weighted by Gasteiger charge is -2.26. The van der Waals surface area contributed by atoms with E-state index in [4.69, 9.17) is 4.74 Å². The zero-order valence-corrected chi connectivity index (χ0v) is 16.7. The molecule has 1 aliphatic rings. The van der Waals surface area contributed by atoms with E-state index in [1.165, 1.54) is 4.31 Å². The summed E-state index contributed by atoms with van der Waals surface area (Å²) in [5.41, 5.74) is 1.90. The van der Waals surface area contributed by atoms with Gasteiger partial charge in [-0.05, 0) is 36.1 Å². The maximum absolute atomic E-state index is 12.5. The number of carbonyl (C=O) groups excluding carboxylic acids is 1. The molecule has 144 valence electrons. The number of nitrogens with one attached hydrogen (secondary N) is 1. The van der Waals surface area contributed by atoms with Crippen molar-refractivity contribution in [3.63, 3.8) is 0 Å². The highest BCUT2D eigenvalue weighted by molar-refractivity contribution is 7.98. The predicted octanol–water partition coefficient (Wildman–Crippen LogP) is 2.82. The Balaban J connectivity index is 1.67. The van der Waals surface area contributed by atoms with Crippen LogP contribution in [-0.2, 0) is 20.5 Å². The van der Waals surface area contributed by atoms with Crippen LogP contribution in [0.1, 0.15) is 15.9 Å². The summed E-state index contributed by atoms with van der Waals surface area (Å²) in [5, 5.41) is 2.90. The van der Waals surface area contributed by atoms with Crippen molar-refractivity contribution >= 4 is 33.4 Å². The molecule has 27 heavy (non-hydrogen) atoms. The summed E-state index contributed by atoms with van der Waals surface area (Å²) in [6, 6.07) is 14.3. The molecule has 0 aliphatic carbocycles. The van der Waals surface area contributed by atoms with Gasteiger partial charge >= 0.3 is 0 Å². The molecule has 0 radical (unpaired) electrons. The van der Waals surface area contributed by atoms with E-state index in [-0.39, 0.29) is 11.7 Å². The number of benzene rings is 2. The first-order chi connectivity index (χ1) is 13.0. The second kappa shape index (κ2) is 8.88. The van der Waals surface area contributed by atoms with Gasteiger partial charge in [-0.1, -0.05) is 24.3 Å². The first kappa shape index (κ1) is 19.9. The Labute approximate surface area is 164 Å². The van der Waals surface area contributed by atoms with Crippen LogP contribution < -0.4 is 5.32 Å². The van der Waals surface area contributed by atoms with Gasteiger partial charge in [-0.25, -0.2) is 8.42 Å². The van der Waals surface area contributed by atoms with Crippen LogP contribution in [0.15, 0.2) is 53.4 Å². The third kappa shape index (κ3) is 5.10. The summed E-state index contributed by atoms with van der Waals surface area (Å²) >= 11 is 1.56. The Kier molecular flexibility index (Phi) is 6.54. The van der Waals surface area contributed by atoms with Crippen LogP contribution in [-0.4, -0.2) is 51.2 Å². The normalized spacial score (nSPS) is 15.4. The first-order valence-corrected chi connectivity index (χ1v) is 11.4. The van der Waals surface area contributed by atoms with Gasteiger partial charge in [0.2, 0.25) is 10.0 Å². The molecule has 8 heteroatoms. The van der Waals surface area contributed by atoms with Gasteiger partial charge in [0.15, 0.2) is 0 Å². The van der Waals surface area contributed by atoms with Crippen molar-refractivity contribution in [2.45, 2.75) is 10.6 Å². The van der Waals surface area contributed by atoms with Gasteiger partial charge in [-0.3, -0.25) is 4.79 Å². The number of anilines is 1. The Morgan fingerprint density at radius 3 is 2.44 bits per heavy atom. The largest absolute Gasteiger partial charge is 0.379 e. The molecule has 1 aliphatic heterocycles. The number of thioether (sulfide) groups is 1. The topological polar surface area (TPSA) is 75.7 Å². The second-order valence-corrected chi connectivity index (χ2v) is 8.94. The van der Waals surface area contributed by atoms with Crippen LogP contribution in [0.25, 0.3) is 0 Å². The molecule has 6 nitrogen and oxygen atoms in total. The third-order valence-corrected chi connectivity index (χ3v) is 6.93. The number of para-hydroxylation sites is 1. The molecular weight excluding hydrogens is 384 g/mol. The zero-order valence-electron chi connectivity index (χ0n) is 15.1. The lowest BCUT2D eigenvalue weighted by Crippen LogP contribution is -2.41. The number of rotatable bonds is 6. The number of amides is 1. The Bertz CT molecular complexity index is 892. The number of nitrogens with zero attached hydrogens (tertiary/aromatic N) is 1. The molecule has 1 N–H and O–H groups in total. The Morgan fingerprint density at radius 2 is 1.78 bits per heavy atom. The van der Waals surface area contributed by atoms with E-state index in [2.05, 4.69) is 5.32 Å². The van der Waals surface area contributed by atoms with Crippen LogP contribution in [0.5, 0.6) is 0 Å². The monoisotopic (exact) mass is 406 g/mol. The predicted molar refractivity (Wildman–Crippen MR) is 108 cm³/mol. The van der Waals surface area contributed by atoms with Crippen molar-refractivity contribution in [3.8, 4) is 0 Å². The molecule has 2 aromatic rings. The van der Waals surface area contributed by atoms with Gasteiger partial charge in [0.25, 0.3) is 5.91 Å². The van der Waals surface area contributed by atoms with Crippen molar-refractivity contribution in [1.29, 1.82) is 0 Å². The highest BCUT2D eigenvalue weighted by Crippen LogP contribution is 2.25. The third-order valence-electron chi connectivity index (χ3n) is 4.28. The van der Waals surface area contributed by atoms with Crippen LogP contribution in [0.2, 0.25) is 0 Å². The van der Waals surface area contributed by atoms with Crippen molar-refractivity contribution in [2.24, 2.45) is 0 Å². The smallest absolute Gasteiger partial charge is 0.255 e. The number of carbonyl (C=O) groups is 1. The molecule has 3 rings (SSSR count). The average Bonchev–Trinajstić information content (AvgIpc) is 2.69. The molecule has 0 bridgehead atoms. The standard InChI is InChI=1S/C19H22N2O4S2/c1-26-18-5-3-2-4-17(18)20-19(22)16-8-6-15(7-9-16)14-27(23,24)21-10-12-25-13-11-21/h2-9H,10-14H2,1H3,(H,20,22). The summed E-state index contributed by atoms with van der Waals surface area (Å²) in [6.45, 7) is 1.63. The van der Waals surface area contributed by atoms with E-state index < -0.39 is 10.0 Å². The Morgan fingerprint density at radius 1 is 1.11 bits per heavy atom. The SMILES string of the molecule is CSc1ccccc1NC(=O)c1ccc(CS(=O)(=O)N2CCOCC2)cc1. The number of morpholine rings is 1.